The highest BCUT2D eigenvalue weighted by Crippen LogP contribution is 2.24. The number of nitrogens with one attached hydrogen (secondary N) is 3. The molecule has 1 saturated heterocycles. The number of carbonyl (C=O) groups excluding carboxylic acids is 2. The molecule has 23 heavy (non-hydrogen) atoms. The van der Waals surface area contributed by atoms with Crippen LogP contribution in [0.15, 0.2) is 18.2 Å². The van der Waals surface area contributed by atoms with Gasteiger partial charge in [-0.15, -0.1) is 0 Å². The number of hydrogen-bond acceptors (Lipinski definition) is 2. The third kappa shape index (κ3) is 3.21. The van der Waals surface area contributed by atoms with E-state index < -0.39 is 6.04 Å². The summed E-state index contributed by atoms with van der Waals surface area (Å²) >= 11 is 0. The molecule has 5 nitrogen and oxygen atoms in total. The standard InChI is InChI=1S/C17H20FN3O2/c1-10-12(11-5-4-6-13(18)16(11)20-10)9-15(22)21-14-7-2-3-8-19-17(14)23/h4-6,14,20H,2-3,7-9H2,1H3,(H,19,23)(H,21,22)/t14-/m1/s1. The van der Waals surface area contributed by atoms with Gasteiger partial charge < -0.3 is 15.6 Å². The molecule has 1 atom stereocenters. The van der Waals surface area contributed by atoms with Crippen LogP contribution in [0, 0.1) is 12.7 Å². The molecular formula is C17H20FN3O2. The first-order chi connectivity index (χ1) is 11.1. The molecule has 2 amide bonds. The Morgan fingerprint density at radius 3 is 3.04 bits per heavy atom. The predicted molar refractivity (Wildman–Crippen MR) is 85.5 cm³/mol. The largest absolute Gasteiger partial charge is 0.356 e. The molecule has 3 N–H and O–H groups in total. The lowest BCUT2D eigenvalue weighted by Gasteiger charge is -2.15. The predicted octanol–water partition coefficient (Wildman–Crippen LogP) is 1.94. The first kappa shape index (κ1) is 15.5. The molecule has 0 bridgehead atoms. The summed E-state index contributed by atoms with van der Waals surface area (Å²) in [6, 6.07) is 4.33. The van der Waals surface area contributed by atoms with Crippen molar-refractivity contribution in [2.24, 2.45) is 0 Å². The average Bonchev–Trinajstić information content (AvgIpc) is 2.69. The first-order valence-corrected chi connectivity index (χ1v) is 7.89. The summed E-state index contributed by atoms with van der Waals surface area (Å²) in [5, 5.41) is 6.30. The van der Waals surface area contributed by atoms with Gasteiger partial charge in [0.1, 0.15) is 11.9 Å². The van der Waals surface area contributed by atoms with Crippen LogP contribution in [0.1, 0.15) is 30.5 Å². The minimum absolute atomic E-state index is 0.124. The summed E-state index contributed by atoms with van der Waals surface area (Å²) in [7, 11) is 0. The summed E-state index contributed by atoms with van der Waals surface area (Å²) in [5.41, 5.74) is 1.96. The van der Waals surface area contributed by atoms with E-state index in [-0.39, 0.29) is 24.1 Å². The molecule has 0 spiro atoms. The second-order valence-electron chi connectivity index (χ2n) is 5.97. The van der Waals surface area contributed by atoms with Gasteiger partial charge >= 0.3 is 0 Å². The van der Waals surface area contributed by atoms with Gasteiger partial charge in [-0.25, -0.2) is 4.39 Å². The molecule has 3 rings (SSSR count). The van der Waals surface area contributed by atoms with E-state index in [0.29, 0.717) is 23.9 Å². The smallest absolute Gasteiger partial charge is 0.242 e. The Kier molecular flexibility index (Phi) is 4.32. The van der Waals surface area contributed by atoms with E-state index in [2.05, 4.69) is 15.6 Å². The summed E-state index contributed by atoms with van der Waals surface area (Å²) in [4.78, 5) is 27.2. The Hall–Kier alpha value is -2.37. The number of rotatable bonds is 3. The molecule has 0 unspecified atom stereocenters. The lowest BCUT2D eigenvalue weighted by atomic mass is 10.1. The third-order valence-electron chi connectivity index (χ3n) is 4.31. The van der Waals surface area contributed by atoms with E-state index in [1.165, 1.54) is 6.07 Å². The fourth-order valence-electron chi connectivity index (χ4n) is 3.08. The van der Waals surface area contributed by atoms with Gasteiger partial charge in [0, 0.05) is 17.6 Å². The van der Waals surface area contributed by atoms with Crippen LogP contribution in [0.5, 0.6) is 0 Å². The second-order valence-corrected chi connectivity index (χ2v) is 5.97. The van der Waals surface area contributed by atoms with Crippen molar-refractivity contribution in [3.8, 4) is 0 Å². The minimum Gasteiger partial charge on any atom is -0.356 e. The maximum absolute atomic E-state index is 13.8. The topological polar surface area (TPSA) is 74.0 Å². The van der Waals surface area contributed by atoms with E-state index in [9.17, 15) is 14.0 Å². The van der Waals surface area contributed by atoms with Crippen LogP contribution < -0.4 is 10.6 Å². The lowest BCUT2D eigenvalue weighted by molar-refractivity contribution is -0.128. The van der Waals surface area contributed by atoms with E-state index >= 15 is 0 Å². The molecule has 2 heterocycles. The highest BCUT2D eigenvalue weighted by Gasteiger charge is 2.23. The van der Waals surface area contributed by atoms with Crippen molar-refractivity contribution in [3.05, 3.63) is 35.3 Å². The molecule has 0 saturated carbocycles. The number of benzene rings is 1. The lowest BCUT2D eigenvalue weighted by Crippen LogP contribution is -2.46. The Morgan fingerprint density at radius 2 is 2.22 bits per heavy atom. The molecule has 1 aromatic heterocycles. The SMILES string of the molecule is Cc1[nH]c2c(F)cccc2c1CC(=O)N[C@@H]1CCCCNC1=O. The monoisotopic (exact) mass is 317 g/mol. The zero-order chi connectivity index (χ0) is 16.4. The molecule has 1 aliphatic rings. The van der Waals surface area contributed by atoms with Crippen LogP contribution >= 0.6 is 0 Å². The van der Waals surface area contributed by atoms with E-state index in [1.807, 2.05) is 6.92 Å². The van der Waals surface area contributed by atoms with Crippen LogP contribution in [-0.2, 0) is 16.0 Å². The third-order valence-corrected chi connectivity index (χ3v) is 4.31. The Morgan fingerprint density at radius 1 is 1.39 bits per heavy atom. The van der Waals surface area contributed by atoms with Crippen molar-refractivity contribution in [1.29, 1.82) is 0 Å². The molecule has 0 aliphatic carbocycles. The molecule has 1 aliphatic heterocycles. The van der Waals surface area contributed by atoms with Crippen LogP contribution in [0.4, 0.5) is 4.39 Å². The fraction of sp³-hybridized carbons (Fsp3) is 0.412. The number of amides is 2. The molecule has 2 aromatic rings. The number of carbonyl (C=O) groups is 2. The number of fused-ring (bicyclic) bond motifs is 1. The van der Waals surface area contributed by atoms with Crippen LogP contribution in [0.3, 0.4) is 0 Å². The molecule has 1 aromatic carbocycles. The van der Waals surface area contributed by atoms with Crippen molar-refractivity contribution in [2.75, 3.05) is 6.54 Å². The number of H-pyrrole nitrogens is 1. The highest BCUT2D eigenvalue weighted by atomic mass is 19.1. The Bertz CT molecular complexity index is 754. The van der Waals surface area contributed by atoms with Crippen molar-refractivity contribution in [1.82, 2.24) is 15.6 Å². The van der Waals surface area contributed by atoms with Crippen molar-refractivity contribution in [2.45, 2.75) is 38.6 Å². The van der Waals surface area contributed by atoms with Gasteiger partial charge in [-0.05, 0) is 37.8 Å². The number of aromatic amines is 1. The van der Waals surface area contributed by atoms with Crippen LogP contribution in [0.25, 0.3) is 10.9 Å². The van der Waals surface area contributed by atoms with Gasteiger partial charge in [0.05, 0.1) is 11.9 Å². The van der Waals surface area contributed by atoms with Crippen molar-refractivity contribution in [3.63, 3.8) is 0 Å². The number of hydrogen-bond donors (Lipinski definition) is 3. The summed E-state index contributed by atoms with van der Waals surface area (Å²) < 4.78 is 13.8. The van der Waals surface area contributed by atoms with Gasteiger partial charge in [-0.3, -0.25) is 9.59 Å². The zero-order valence-corrected chi connectivity index (χ0v) is 13.0. The van der Waals surface area contributed by atoms with Gasteiger partial charge in [0.2, 0.25) is 11.8 Å². The van der Waals surface area contributed by atoms with Gasteiger partial charge in [0.25, 0.3) is 0 Å². The van der Waals surface area contributed by atoms with E-state index in [4.69, 9.17) is 0 Å². The molecule has 122 valence electrons. The first-order valence-electron chi connectivity index (χ1n) is 7.89. The minimum atomic E-state index is -0.479. The Balaban J connectivity index is 1.76. The molecule has 0 radical (unpaired) electrons. The van der Waals surface area contributed by atoms with Gasteiger partial charge in [0.15, 0.2) is 0 Å². The average molecular weight is 317 g/mol. The number of para-hydroxylation sites is 1. The highest BCUT2D eigenvalue weighted by molar-refractivity contribution is 5.92. The quantitative estimate of drug-likeness (QED) is 0.809. The van der Waals surface area contributed by atoms with Gasteiger partial charge in [-0.2, -0.15) is 0 Å². The number of aryl methyl sites for hydroxylation is 1. The van der Waals surface area contributed by atoms with Crippen LogP contribution in [-0.4, -0.2) is 29.4 Å². The van der Waals surface area contributed by atoms with Crippen molar-refractivity contribution >= 4 is 22.7 Å². The maximum atomic E-state index is 13.8. The molecular weight excluding hydrogens is 297 g/mol. The maximum Gasteiger partial charge on any atom is 0.242 e. The van der Waals surface area contributed by atoms with Crippen molar-refractivity contribution < 1.29 is 14.0 Å². The zero-order valence-electron chi connectivity index (χ0n) is 13.0. The van der Waals surface area contributed by atoms with Gasteiger partial charge in [-0.1, -0.05) is 12.1 Å². The normalized spacial score (nSPS) is 18.5. The summed E-state index contributed by atoms with van der Waals surface area (Å²) in [5.74, 6) is -0.682. The number of halogens is 1. The van der Waals surface area contributed by atoms with E-state index in [1.54, 1.807) is 12.1 Å². The number of aromatic nitrogens is 1. The summed E-state index contributed by atoms with van der Waals surface area (Å²) in [6.45, 7) is 2.48. The van der Waals surface area contributed by atoms with Crippen LogP contribution in [0.2, 0.25) is 0 Å². The Labute approximate surface area is 133 Å². The van der Waals surface area contributed by atoms with E-state index in [0.717, 1.165) is 24.1 Å². The summed E-state index contributed by atoms with van der Waals surface area (Å²) in [6.07, 6.45) is 2.61. The molecule has 1 fully saturated rings. The molecule has 6 heteroatoms. The second kappa shape index (κ2) is 6.40. The fourth-order valence-corrected chi connectivity index (χ4v) is 3.08.